The highest BCUT2D eigenvalue weighted by molar-refractivity contribution is 5.12. The molecule has 0 bridgehead atoms. The van der Waals surface area contributed by atoms with Crippen LogP contribution in [0, 0.1) is 0 Å². The van der Waals surface area contributed by atoms with Gasteiger partial charge < -0.3 is 14.4 Å². The van der Waals surface area contributed by atoms with E-state index in [2.05, 4.69) is 16.2 Å². The summed E-state index contributed by atoms with van der Waals surface area (Å²) in [7, 11) is 2.00. The van der Waals surface area contributed by atoms with E-state index in [1.54, 1.807) is 0 Å². The fraction of sp³-hybridized carbons (Fsp3) is 0.833. The lowest BCUT2D eigenvalue weighted by atomic mass is 9.91. The van der Waals surface area contributed by atoms with Gasteiger partial charge in [0.2, 0.25) is 0 Å². The second-order valence-corrected chi connectivity index (χ2v) is 7.54. The Hall–Kier alpha value is -0.910. The molecule has 128 valence electrons. The van der Waals surface area contributed by atoms with E-state index in [-0.39, 0.29) is 11.9 Å². The molecular formula is C18H29N3O2. The molecule has 3 aliphatic rings. The number of piperidine rings is 1. The third kappa shape index (κ3) is 3.47. The van der Waals surface area contributed by atoms with Gasteiger partial charge in [0.05, 0.1) is 18.9 Å². The van der Waals surface area contributed by atoms with Crippen molar-refractivity contribution in [2.24, 2.45) is 7.05 Å². The van der Waals surface area contributed by atoms with Crippen LogP contribution in [0.15, 0.2) is 12.4 Å². The molecule has 5 nitrogen and oxygen atoms in total. The lowest BCUT2D eigenvalue weighted by Crippen LogP contribution is -2.40. The maximum absolute atomic E-state index is 6.33. The van der Waals surface area contributed by atoms with Gasteiger partial charge in [-0.1, -0.05) is 6.42 Å². The van der Waals surface area contributed by atoms with Gasteiger partial charge in [0.1, 0.15) is 0 Å². The molecule has 1 unspecified atom stereocenters. The van der Waals surface area contributed by atoms with Crippen LogP contribution in [-0.4, -0.2) is 52.8 Å². The van der Waals surface area contributed by atoms with Crippen LogP contribution in [0.3, 0.4) is 0 Å². The molecule has 0 aromatic carbocycles. The Balaban J connectivity index is 1.25. The summed E-state index contributed by atoms with van der Waals surface area (Å²) in [5.74, 6) is 0.446. The highest BCUT2D eigenvalue weighted by Crippen LogP contribution is 2.38. The van der Waals surface area contributed by atoms with Crippen LogP contribution < -0.4 is 0 Å². The minimum absolute atomic E-state index is 0.225. The minimum atomic E-state index is -0.225. The number of aryl methyl sites for hydroxylation is 1. The Bertz CT molecular complexity index is 516. The van der Waals surface area contributed by atoms with E-state index in [1.165, 1.54) is 37.7 Å². The largest absolute Gasteiger partial charge is 0.347 e. The molecule has 2 saturated heterocycles. The summed E-state index contributed by atoms with van der Waals surface area (Å²) in [6.07, 6.45) is 12.9. The number of rotatable bonds is 3. The van der Waals surface area contributed by atoms with Crippen molar-refractivity contribution in [1.29, 1.82) is 0 Å². The van der Waals surface area contributed by atoms with E-state index in [0.717, 1.165) is 39.1 Å². The van der Waals surface area contributed by atoms with Gasteiger partial charge in [-0.3, -0.25) is 4.68 Å². The van der Waals surface area contributed by atoms with Crippen LogP contribution in [0.1, 0.15) is 56.4 Å². The van der Waals surface area contributed by atoms with Gasteiger partial charge >= 0.3 is 0 Å². The molecule has 1 atom stereocenters. The summed E-state index contributed by atoms with van der Waals surface area (Å²) in [6.45, 7) is 4.13. The molecule has 1 spiro atoms. The molecule has 23 heavy (non-hydrogen) atoms. The number of likely N-dealkylation sites (tertiary alicyclic amines) is 1. The number of hydrogen-bond donors (Lipinski definition) is 0. The fourth-order valence-electron chi connectivity index (χ4n) is 4.45. The van der Waals surface area contributed by atoms with Gasteiger partial charge in [-0.2, -0.15) is 5.10 Å². The van der Waals surface area contributed by atoms with Crippen molar-refractivity contribution in [2.45, 2.75) is 62.8 Å². The van der Waals surface area contributed by atoms with Crippen LogP contribution in [0.2, 0.25) is 0 Å². The second-order valence-electron chi connectivity index (χ2n) is 7.54. The zero-order valence-corrected chi connectivity index (χ0v) is 14.2. The first kappa shape index (κ1) is 15.6. The average Bonchev–Trinajstić information content (AvgIpc) is 3.16. The van der Waals surface area contributed by atoms with E-state index >= 15 is 0 Å². The normalized spacial score (nSPS) is 29.3. The van der Waals surface area contributed by atoms with Crippen molar-refractivity contribution in [3.63, 3.8) is 0 Å². The molecule has 5 heteroatoms. The average molecular weight is 319 g/mol. The SMILES string of the molecule is Cn1cc(C2CCN(CC3COC4(CCCCC4)O3)CC2)cn1. The summed E-state index contributed by atoms with van der Waals surface area (Å²) in [6, 6.07) is 0. The van der Waals surface area contributed by atoms with Crippen molar-refractivity contribution in [1.82, 2.24) is 14.7 Å². The molecule has 3 fully saturated rings. The van der Waals surface area contributed by atoms with E-state index in [0.29, 0.717) is 5.92 Å². The summed E-state index contributed by atoms with van der Waals surface area (Å²) < 4.78 is 14.3. The first-order valence-electron chi connectivity index (χ1n) is 9.25. The van der Waals surface area contributed by atoms with Gasteiger partial charge in [0, 0.05) is 32.6 Å². The summed E-state index contributed by atoms with van der Waals surface area (Å²) in [4.78, 5) is 2.56. The molecule has 4 rings (SSSR count). The molecule has 1 aliphatic carbocycles. The molecule has 2 aliphatic heterocycles. The molecule has 0 N–H and O–H groups in total. The fourth-order valence-corrected chi connectivity index (χ4v) is 4.45. The first-order valence-corrected chi connectivity index (χ1v) is 9.25. The van der Waals surface area contributed by atoms with Gasteiger partial charge in [-0.05, 0) is 50.3 Å². The minimum Gasteiger partial charge on any atom is -0.347 e. The Kier molecular flexibility index (Phi) is 4.43. The van der Waals surface area contributed by atoms with Crippen LogP contribution in [0.4, 0.5) is 0 Å². The highest BCUT2D eigenvalue weighted by atomic mass is 16.7. The quantitative estimate of drug-likeness (QED) is 0.859. The van der Waals surface area contributed by atoms with Crippen LogP contribution in [0.5, 0.6) is 0 Å². The molecule has 3 heterocycles. The summed E-state index contributed by atoms with van der Waals surface area (Å²) >= 11 is 0. The maximum atomic E-state index is 6.33. The number of aromatic nitrogens is 2. The second kappa shape index (κ2) is 6.54. The van der Waals surface area contributed by atoms with Crippen molar-refractivity contribution < 1.29 is 9.47 Å². The molecule has 1 saturated carbocycles. The van der Waals surface area contributed by atoms with E-state index < -0.39 is 0 Å². The summed E-state index contributed by atoms with van der Waals surface area (Å²) in [5.41, 5.74) is 1.40. The topological polar surface area (TPSA) is 39.5 Å². The van der Waals surface area contributed by atoms with Gasteiger partial charge in [-0.15, -0.1) is 0 Å². The van der Waals surface area contributed by atoms with Gasteiger partial charge in [-0.25, -0.2) is 0 Å². The van der Waals surface area contributed by atoms with E-state index in [1.807, 2.05) is 17.9 Å². The number of nitrogens with zero attached hydrogens (tertiary/aromatic N) is 3. The van der Waals surface area contributed by atoms with Crippen molar-refractivity contribution in [3.8, 4) is 0 Å². The molecule has 0 amide bonds. The number of hydrogen-bond acceptors (Lipinski definition) is 4. The molecule has 1 aromatic heterocycles. The highest BCUT2D eigenvalue weighted by Gasteiger charge is 2.42. The predicted molar refractivity (Wildman–Crippen MR) is 88.3 cm³/mol. The van der Waals surface area contributed by atoms with Crippen LogP contribution in [-0.2, 0) is 16.5 Å². The Morgan fingerprint density at radius 3 is 2.70 bits per heavy atom. The Morgan fingerprint density at radius 1 is 1.22 bits per heavy atom. The van der Waals surface area contributed by atoms with E-state index in [4.69, 9.17) is 9.47 Å². The summed E-state index contributed by atoms with van der Waals surface area (Å²) in [5, 5.41) is 4.31. The smallest absolute Gasteiger partial charge is 0.168 e. The Morgan fingerprint density at radius 2 is 2.00 bits per heavy atom. The van der Waals surface area contributed by atoms with Gasteiger partial charge in [0.25, 0.3) is 0 Å². The molecule has 1 aromatic rings. The maximum Gasteiger partial charge on any atom is 0.168 e. The Labute approximate surface area is 138 Å². The number of ether oxygens (including phenoxy) is 2. The zero-order valence-electron chi connectivity index (χ0n) is 14.2. The molecule has 0 radical (unpaired) electrons. The van der Waals surface area contributed by atoms with Crippen LogP contribution >= 0.6 is 0 Å². The van der Waals surface area contributed by atoms with Gasteiger partial charge in [0.15, 0.2) is 5.79 Å². The van der Waals surface area contributed by atoms with E-state index in [9.17, 15) is 0 Å². The standard InChI is InChI=1S/C18H29N3O2/c1-20-12-16(11-19-20)15-5-9-21(10-6-15)13-17-14-22-18(23-17)7-3-2-4-8-18/h11-12,15,17H,2-10,13-14H2,1H3. The third-order valence-electron chi connectivity index (χ3n) is 5.77. The lowest BCUT2D eigenvalue weighted by molar-refractivity contribution is -0.188. The monoisotopic (exact) mass is 319 g/mol. The molecular weight excluding hydrogens is 290 g/mol. The zero-order chi connectivity index (χ0) is 15.7. The predicted octanol–water partition coefficient (Wildman–Crippen LogP) is 2.68. The third-order valence-corrected chi connectivity index (χ3v) is 5.77. The van der Waals surface area contributed by atoms with Crippen molar-refractivity contribution >= 4 is 0 Å². The van der Waals surface area contributed by atoms with Crippen molar-refractivity contribution in [3.05, 3.63) is 18.0 Å². The first-order chi connectivity index (χ1) is 11.2. The van der Waals surface area contributed by atoms with Crippen molar-refractivity contribution in [2.75, 3.05) is 26.2 Å². The lowest BCUT2D eigenvalue weighted by Gasteiger charge is -2.34. The van der Waals surface area contributed by atoms with Crippen LogP contribution in [0.25, 0.3) is 0 Å².